The summed E-state index contributed by atoms with van der Waals surface area (Å²) in [6.07, 6.45) is 1.43. The third kappa shape index (κ3) is 2.93. The summed E-state index contributed by atoms with van der Waals surface area (Å²) in [5.74, 6) is 0.779. The molecule has 0 spiro atoms. The highest BCUT2D eigenvalue weighted by Gasteiger charge is 2.10. The van der Waals surface area contributed by atoms with Crippen LogP contribution in [0, 0.1) is 12.7 Å². The molecule has 0 saturated heterocycles. The first-order valence-corrected chi connectivity index (χ1v) is 6.27. The van der Waals surface area contributed by atoms with Gasteiger partial charge in [0.2, 0.25) is 0 Å². The van der Waals surface area contributed by atoms with E-state index in [2.05, 4.69) is 20.6 Å². The lowest BCUT2D eigenvalue weighted by Gasteiger charge is -2.12. The molecule has 4 nitrogen and oxygen atoms in total. The molecule has 0 bridgehead atoms. The average Bonchev–Trinajstić information content (AvgIpc) is 2.40. The van der Waals surface area contributed by atoms with Crippen LogP contribution in [0.25, 0.3) is 0 Å². The highest BCUT2D eigenvalue weighted by atomic mass is 35.5. The Morgan fingerprint density at radius 2 is 2.00 bits per heavy atom. The van der Waals surface area contributed by atoms with Crippen molar-refractivity contribution < 1.29 is 4.39 Å². The first kappa shape index (κ1) is 13.5. The van der Waals surface area contributed by atoms with Crippen molar-refractivity contribution in [3.8, 4) is 0 Å². The van der Waals surface area contributed by atoms with Crippen LogP contribution in [0.4, 0.5) is 21.7 Å². The summed E-state index contributed by atoms with van der Waals surface area (Å²) in [5.41, 5.74) is 1.11. The zero-order chi connectivity index (χ0) is 13.8. The van der Waals surface area contributed by atoms with Crippen LogP contribution >= 0.6 is 11.6 Å². The van der Waals surface area contributed by atoms with Gasteiger partial charge >= 0.3 is 0 Å². The molecular formula is C13H14ClFN4. The van der Waals surface area contributed by atoms with Crippen LogP contribution < -0.4 is 10.6 Å². The van der Waals surface area contributed by atoms with Crippen molar-refractivity contribution in [2.45, 2.75) is 13.8 Å². The van der Waals surface area contributed by atoms with Gasteiger partial charge in [0.1, 0.15) is 18.0 Å². The van der Waals surface area contributed by atoms with E-state index in [1.54, 1.807) is 12.1 Å². The fourth-order valence-corrected chi connectivity index (χ4v) is 1.82. The largest absolute Gasteiger partial charge is 0.370 e. The molecule has 1 aromatic carbocycles. The molecule has 0 fully saturated rings. The van der Waals surface area contributed by atoms with Gasteiger partial charge < -0.3 is 10.6 Å². The maximum absolute atomic E-state index is 13.8. The molecule has 0 amide bonds. The fraction of sp³-hybridized carbons (Fsp3) is 0.231. The van der Waals surface area contributed by atoms with E-state index in [0.717, 1.165) is 17.9 Å². The van der Waals surface area contributed by atoms with Crippen molar-refractivity contribution in [2.75, 3.05) is 17.2 Å². The number of hydrogen-bond acceptors (Lipinski definition) is 4. The second kappa shape index (κ2) is 5.84. The second-order valence-electron chi connectivity index (χ2n) is 3.95. The molecule has 2 N–H and O–H groups in total. The number of halogens is 2. The van der Waals surface area contributed by atoms with Gasteiger partial charge in [-0.2, -0.15) is 0 Å². The Kier molecular flexibility index (Phi) is 4.16. The molecule has 0 aliphatic heterocycles. The number of anilines is 3. The molecule has 2 aromatic rings. The predicted molar refractivity (Wildman–Crippen MR) is 75.6 cm³/mol. The number of aromatic nitrogens is 2. The second-order valence-corrected chi connectivity index (χ2v) is 4.36. The number of rotatable bonds is 4. The molecular weight excluding hydrogens is 267 g/mol. The fourth-order valence-electron chi connectivity index (χ4n) is 1.65. The Morgan fingerprint density at radius 3 is 2.74 bits per heavy atom. The topological polar surface area (TPSA) is 49.8 Å². The Labute approximate surface area is 116 Å². The van der Waals surface area contributed by atoms with Gasteiger partial charge in [0, 0.05) is 12.1 Å². The molecule has 0 radical (unpaired) electrons. The molecule has 19 heavy (non-hydrogen) atoms. The Hall–Kier alpha value is -1.88. The minimum atomic E-state index is -0.493. The summed E-state index contributed by atoms with van der Waals surface area (Å²) in [6, 6.07) is 4.78. The van der Waals surface area contributed by atoms with Gasteiger partial charge in [-0.15, -0.1) is 0 Å². The van der Waals surface area contributed by atoms with Crippen molar-refractivity contribution in [3.05, 3.63) is 40.9 Å². The number of hydrogen-bond donors (Lipinski definition) is 2. The maximum Gasteiger partial charge on any atom is 0.165 e. The van der Waals surface area contributed by atoms with Gasteiger partial charge in [-0.3, -0.25) is 0 Å². The first-order valence-electron chi connectivity index (χ1n) is 5.90. The molecule has 0 aliphatic rings. The number of nitrogens with zero attached hydrogens (tertiary/aromatic N) is 2. The van der Waals surface area contributed by atoms with Crippen LogP contribution in [0.15, 0.2) is 24.5 Å². The van der Waals surface area contributed by atoms with Crippen LogP contribution in [0.2, 0.25) is 5.02 Å². The van der Waals surface area contributed by atoms with E-state index in [-0.39, 0.29) is 10.7 Å². The zero-order valence-corrected chi connectivity index (χ0v) is 11.4. The molecule has 0 atom stereocenters. The number of nitrogens with one attached hydrogen (secondary N) is 2. The average molecular weight is 281 g/mol. The highest BCUT2D eigenvalue weighted by Crippen LogP contribution is 2.27. The third-order valence-corrected chi connectivity index (χ3v) is 2.92. The van der Waals surface area contributed by atoms with Gasteiger partial charge in [0.25, 0.3) is 0 Å². The first-order chi connectivity index (χ1) is 9.13. The number of benzene rings is 1. The minimum Gasteiger partial charge on any atom is -0.370 e. The van der Waals surface area contributed by atoms with E-state index in [4.69, 9.17) is 11.6 Å². The van der Waals surface area contributed by atoms with Crippen LogP contribution in [0.5, 0.6) is 0 Å². The van der Waals surface area contributed by atoms with Crippen molar-refractivity contribution in [1.82, 2.24) is 9.97 Å². The normalized spacial score (nSPS) is 10.3. The van der Waals surface area contributed by atoms with Crippen molar-refractivity contribution in [1.29, 1.82) is 0 Å². The quantitative estimate of drug-likeness (QED) is 0.895. The predicted octanol–water partition coefficient (Wildman–Crippen LogP) is 3.75. The van der Waals surface area contributed by atoms with Crippen molar-refractivity contribution in [2.24, 2.45) is 0 Å². The van der Waals surface area contributed by atoms with Crippen LogP contribution in [0.1, 0.15) is 12.5 Å². The molecule has 0 saturated carbocycles. The standard InChI is InChI=1S/C13H14ClFN4/c1-3-16-12-8(2)13(18-7-17-12)19-10-6-4-5-9(14)11(10)15/h4-7H,3H2,1-2H3,(H2,16,17,18,19). The summed E-state index contributed by atoms with van der Waals surface area (Å²) >= 11 is 5.74. The van der Waals surface area contributed by atoms with E-state index >= 15 is 0 Å². The Morgan fingerprint density at radius 1 is 1.26 bits per heavy atom. The zero-order valence-electron chi connectivity index (χ0n) is 10.7. The molecule has 6 heteroatoms. The summed E-state index contributed by atoms with van der Waals surface area (Å²) in [5, 5.41) is 6.12. The SMILES string of the molecule is CCNc1ncnc(Nc2cccc(Cl)c2F)c1C. The van der Waals surface area contributed by atoms with E-state index in [1.165, 1.54) is 12.4 Å². The highest BCUT2D eigenvalue weighted by molar-refractivity contribution is 6.31. The molecule has 1 heterocycles. The van der Waals surface area contributed by atoms with Gasteiger partial charge in [0.05, 0.1) is 10.7 Å². The summed E-state index contributed by atoms with van der Waals surface area (Å²) in [6.45, 7) is 4.59. The summed E-state index contributed by atoms with van der Waals surface area (Å²) < 4.78 is 13.8. The van der Waals surface area contributed by atoms with Crippen molar-refractivity contribution >= 4 is 28.9 Å². The molecule has 1 aromatic heterocycles. The lowest BCUT2D eigenvalue weighted by Crippen LogP contribution is -2.06. The molecule has 0 unspecified atom stereocenters. The van der Waals surface area contributed by atoms with Gasteiger partial charge in [-0.1, -0.05) is 17.7 Å². The van der Waals surface area contributed by atoms with E-state index in [9.17, 15) is 4.39 Å². The minimum absolute atomic E-state index is 0.0728. The molecule has 0 aliphatic carbocycles. The van der Waals surface area contributed by atoms with Crippen LogP contribution in [0.3, 0.4) is 0 Å². The van der Waals surface area contributed by atoms with Gasteiger partial charge in [-0.05, 0) is 26.0 Å². The van der Waals surface area contributed by atoms with Crippen LogP contribution in [-0.4, -0.2) is 16.5 Å². The molecule has 2 rings (SSSR count). The lowest BCUT2D eigenvalue weighted by molar-refractivity contribution is 0.632. The Balaban J connectivity index is 2.33. The van der Waals surface area contributed by atoms with E-state index < -0.39 is 5.82 Å². The van der Waals surface area contributed by atoms with E-state index in [0.29, 0.717) is 5.82 Å². The lowest BCUT2D eigenvalue weighted by atomic mass is 10.2. The Bertz CT molecular complexity index is 589. The van der Waals surface area contributed by atoms with Gasteiger partial charge in [0.15, 0.2) is 5.82 Å². The third-order valence-electron chi connectivity index (χ3n) is 2.63. The maximum atomic E-state index is 13.8. The van der Waals surface area contributed by atoms with Crippen LogP contribution in [-0.2, 0) is 0 Å². The molecule has 100 valence electrons. The van der Waals surface area contributed by atoms with Gasteiger partial charge in [-0.25, -0.2) is 14.4 Å². The monoisotopic (exact) mass is 280 g/mol. The van der Waals surface area contributed by atoms with Crippen molar-refractivity contribution in [3.63, 3.8) is 0 Å². The summed E-state index contributed by atoms with van der Waals surface area (Å²) in [4.78, 5) is 8.24. The van der Waals surface area contributed by atoms with E-state index in [1.807, 2.05) is 13.8 Å². The summed E-state index contributed by atoms with van der Waals surface area (Å²) in [7, 11) is 0. The smallest absolute Gasteiger partial charge is 0.165 e.